The molecule has 6 nitrogen and oxygen atoms in total. The Morgan fingerprint density at radius 3 is 2.37 bits per heavy atom. The minimum atomic E-state index is -0.488. The van der Waals surface area contributed by atoms with Gasteiger partial charge in [0.1, 0.15) is 0 Å². The number of hydrazine groups is 1. The predicted molar refractivity (Wildman–Crippen MR) is 72.2 cm³/mol. The SMILES string of the molecule is CC1CCCCN1C(=O)C(=O)NN1CCN(C)CC1. The molecule has 0 aromatic carbocycles. The van der Waals surface area contributed by atoms with Crippen molar-refractivity contribution in [3.63, 3.8) is 0 Å². The zero-order chi connectivity index (χ0) is 13.8. The molecule has 0 aromatic heterocycles. The van der Waals surface area contributed by atoms with E-state index in [2.05, 4.69) is 17.4 Å². The molecule has 0 bridgehead atoms. The highest BCUT2D eigenvalue weighted by Crippen LogP contribution is 2.16. The second-order valence-corrected chi connectivity index (χ2v) is 5.57. The molecular weight excluding hydrogens is 244 g/mol. The molecule has 0 spiro atoms. The number of likely N-dealkylation sites (tertiary alicyclic amines) is 1. The molecule has 19 heavy (non-hydrogen) atoms. The topological polar surface area (TPSA) is 55.9 Å². The Bertz CT molecular complexity index is 340. The molecule has 2 aliphatic heterocycles. The van der Waals surface area contributed by atoms with Crippen LogP contribution in [0.15, 0.2) is 0 Å². The summed E-state index contributed by atoms with van der Waals surface area (Å²) in [6.07, 6.45) is 3.14. The molecule has 2 aliphatic rings. The Balaban J connectivity index is 1.83. The molecule has 1 unspecified atom stereocenters. The molecule has 0 saturated carbocycles. The van der Waals surface area contributed by atoms with Crippen LogP contribution in [0.3, 0.4) is 0 Å². The highest BCUT2D eigenvalue weighted by molar-refractivity contribution is 6.34. The fraction of sp³-hybridized carbons (Fsp3) is 0.846. The lowest BCUT2D eigenvalue weighted by Gasteiger charge is -2.35. The minimum absolute atomic E-state index is 0.180. The largest absolute Gasteiger partial charge is 0.332 e. The lowest BCUT2D eigenvalue weighted by molar-refractivity contribution is -0.151. The molecule has 6 heteroatoms. The Labute approximate surface area is 114 Å². The highest BCUT2D eigenvalue weighted by atomic mass is 16.2. The molecular formula is C13H24N4O2. The van der Waals surface area contributed by atoms with Gasteiger partial charge in [-0.3, -0.25) is 15.0 Å². The number of nitrogens with one attached hydrogen (secondary N) is 1. The van der Waals surface area contributed by atoms with Gasteiger partial charge in [0.05, 0.1) is 0 Å². The van der Waals surface area contributed by atoms with Gasteiger partial charge in [0.25, 0.3) is 0 Å². The number of amides is 2. The minimum Gasteiger partial charge on any atom is -0.332 e. The summed E-state index contributed by atoms with van der Waals surface area (Å²) in [5.74, 6) is -0.871. The van der Waals surface area contributed by atoms with Gasteiger partial charge in [0.2, 0.25) is 0 Å². The van der Waals surface area contributed by atoms with Crippen LogP contribution in [-0.2, 0) is 9.59 Å². The summed E-state index contributed by atoms with van der Waals surface area (Å²) in [6.45, 7) is 6.08. The van der Waals surface area contributed by atoms with Crippen LogP contribution in [0.2, 0.25) is 0 Å². The number of piperazine rings is 1. The molecule has 2 amide bonds. The zero-order valence-corrected chi connectivity index (χ0v) is 11.9. The molecule has 108 valence electrons. The number of hydrogen-bond donors (Lipinski definition) is 1. The van der Waals surface area contributed by atoms with Crippen molar-refractivity contribution in [2.45, 2.75) is 32.2 Å². The van der Waals surface area contributed by atoms with Crippen LogP contribution in [0.25, 0.3) is 0 Å². The van der Waals surface area contributed by atoms with Crippen molar-refractivity contribution in [1.82, 2.24) is 20.2 Å². The van der Waals surface area contributed by atoms with Crippen LogP contribution in [-0.4, -0.2) is 72.4 Å². The number of hydrogen-bond acceptors (Lipinski definition) is 4. The van der Waals surface area contributed by atoms with Crippen LogP contribution < -0.4 is 5.43 Å². The summed E-state index contributed by atoms with van der Waals surface area (Å²) in [5.41, 5.74) is 2.73. The van der Waals surface area contributed by atoms with Crippen molar-refractivity contribution in [3.8, 4) is 0 Å². The van der Waals surface area contributed by atoms with E-state index in [-0.39, 0.29) is 11.9 Å². The van der Waals surface area contributed by atoms with E-state index >= 15 is 0 Å². The molecule has 0 aliphatic carbocycles. The Kier molecular flexibility index (Phi) is 4.76. The first-order valence-electron chi connectivity index (χ1n) is 7.13. The summed E-state index contributed by atoms with van der Waals surface area (Å²) < 4.78 is 0. The number of likely N-dealkylation sites (N-methyl/N-ethyl adjacent to an activating group) is 1. The first-order chi connectivity index (χ1) is 9.08. The van der Waals surface area contributed by atoms with Gasteiger partial charge < -0.3 is 9.80 Å². The van der Waals surface area contributed by atoms with E-state index in [1.165, 1.54) is 0 Å². The van der Waals surface area contributed by atoms with E-state index in [1.54, 1.807) is 4.90 Å². The van der Waals surface area contributed by atoms with Crippen LogP contribution in [0.5, 0.6) is 0 Å². The van der Waals surface area contributed by atoms with E-state index in [9.17, 15) is 9.59 Å². The fourth-order valence-corrected chi connectivity index (χ4v) is 2.64. The van der Waals surface area contributed by atoms with E-state index in [0.29, 0.717) is 6.54 Å². The second-order valence-electron chi connectivity index (χ2n) is 5.57. The highest BCUT2D eigenvalue weighted by Gasteiger charge is 2.29. The third-order valence-corrected chi connectivity index (χ3v) is 4.02. The monoisotopic (exact) mass is 268 g/mol. The quantitative estimate of drug-likeness (QED) is 0.662. The summed E-state index contributed by atoms with van der Waals surface area (Å²) >= 11 is 0. The molecule has 2 fully saturated rings. The number of piperidine rings is 1. The van der Waals surface area contributed by atoms with Gasteiger partial charge in [-0.15, -0.1) is 0 Å². The van der Waals surface area contributed by atoms with E-state index in [4.69, 9.17) is 0 Å². The van der Waals surface area contributed by atoms with Crippen molar-refractivity contribution in [2.24, 2.45) is 0 Å². The van der Waals surface area contributed by atoms with Crippen molar-refractivity contribution in [3.05, 3.63) is 0 Å². The molecule has 2 heterocycles. The van der Waals surface area contributed by atoms with Crippen molar-refractivity contribution >= 4 is 11.8 Å². The van der Waals surface area contributed by atoms with Crippen LogP contribution in [0.4, 0.5) is 0 Å². The number of carbonyl (C=O) groups excluding carboxylic acids is 2. The van der Waals surface area contributed by atoms with Gasteiger partial charge in [-0.05, 0) is 33.2 Å². The lowest BCUT2D eigenvalue weighted by Crippen LogP contribution is -2.57. The van der Waals surface area contributed by atoms with Gasteiger partial charge in [0.15, 0.2) is 0 Å². The van der Waals surface area contributed by atoms with Gasteiger partial charge in [-0.1, -0.05) is 0 Å². The average Bonchev–Trinajstić information content (AvgIpc) is 2.41. The third kappa shape index (κ3) is 3.67. The average molecular weight is 268 g/mol. The van der Waals surface area contributed by atoms with Crippen molar-refractivity contribution in [2.75, 3.05) is 39.8 Å². The van der Waals surface area contributed by atoms with Crippen LogP contribution >= 0.6 is 0 Å². The van der Waals surface area contributed by atoms with Crippen LogP contribution in [0.1, 0.15) is 26.2 Å². The van der Waals surface area contributed by atoms with E-state index in [1.807, 2.05) is 11.9 Å². The van der Waals surface area contributed by atoms with Gasteiger partial charge in [0, 0.05) is 38.8 Å². The number of nitrogens with zero attached hydrogens (tertiary/aromatic N) is 3. The summed E-state index contributed by atoms with van der Waals surface area (Å²) in [5, 5.41) is 1.84. The van der Waals surface area contributed by atoms with E-state index in [0.717, 1.165) is 45.4 Å². The molecule has 2 rings (SSSR count). The predicted octanol–water partition coefficient (Wildman–Crippen LogP) is -0.334. The normalized spacial score (nSPS) is 26.2. The molecule has 1 N–H and O–H groups in total. The Morgan fingerprint density at radius 1 is 1.05 bits per heavy atom. The summed E-state index contributed by atoms with van der Waals surface area (Å²) in [7, 11) is 2.06. The fourth-order valence-electron chi connectivity index (χ4n) is 2.64. The smallest absolute Gasteiger partial charge is 0.323 e. The maximum Gasteiger partial charge on any atom is 0.323 e. The Morgan fingerprint density at radius 2 is 1.74 bits per heavy atom. The maximum atomic E-state index is 12.1. The van der Waals surface area contributed by atoms with Gasteiger partial charge in [-0.25, -0.2) is 5.01 Å². The molecule has 2 saturated heterocycles. The second kappa shape index (κ2) is 6.34. The number of carbonyl (C=O) groups is 2. The van der Waals surface area contributed by atoms with Gasteiger partial charge >= 0.3 is 11.8 Å². The first kappa shape index (κ1) is 14.3. The lowest BCUT2D eigenvalue weighted by atomic mass is 10.0. The molecule has 0 radical (unpaired) electrons. The van der Waals surface area contributed by atoms with Crippen LogP contribution in [0, 0.1) is 0 Å². The standard InChI is InChI=1S/C13H24N4O2/c1-11-5-3-4-6-17(11)13(19)12(18)14-16-9-7-15(2)8-10-16/h11H,3-10H2,1-2H3,(H,14,18). The zero-order valence-electron chi connectivity index (χ0n) is 11.9. The van der Waals surface area contributed by atoms with E-state index < -0.39 is 5.91 Å². The third-order valence-electron chi connectivity index (χ3n) is 4.02. The van der Waals surface area contributed by atoms with Crippen molar-refractivity contribution in [1.29, 1.82) is 0 Å². The first-order valence-corrected chi connectivity index (χ1v) is 7.13. The van der Waals surface area contributed by atoms with Crippen molar-refractivity contribution < 1.29 is 9.59 Å². The summed E-state index contributed by atoms with van der Waals surface area (Å²) in [4.78, 5) is 28.0. The molecule has 0 aromatic rings. The van der Waals surface area contributed by atoms with Gasteiger partial charge in [-0.2, -0.15) is 0 Å². The Hall–Kier alpha value is -1.14. The number of rotatable bonds is 1. The molecule has 1 atom stereocenters. The summed E-state index contributed by atoms with van der Waals surface area (Å²) in [6, 6.07) is 0.180. The maximum absolute atomic E-state index is 12.1.